The number of methoxy groups -OCH3 is 1. The fourth-order valence-electron chi connectivity index (χ4n) is 4.42. The van der Waals surface area contributed by atoms with Crippen LogP contribution < -0.4 is 9.46 Å². The molecule has 28 heavy (non-hydrogen) atoms. The Morgan fingerprint density at radius 1 is 1.14 bits per heavy atom. The van der Waals surface area contributed by atoms with Gasteiger partial charge in [0.2, 0.25) is 5.91 Å². The van der Waals surface area contributed by atoms with E-state index in [9.17, 15) is 4.79 Å². The van der Waals surface area contributed by atoms with Gasteiger partial charge >= 0.3 is 0 Å². The molecule has 3 unspecified atom stereocenters. The van der Waals surface area contributed by atoms with Crippen LogP contribution in [0.25, 0.3) is 11.1 Å². The first-order chi connectivity index (χ1) is 13.7. The van der Waals surface area contributed by atoms with Crippen LogP contribution in [0.3, 0.4) is 0 Å². The highest BCUT2D eigenvalue weighted by atomic mass is 32.2. The number of carbonyl (C=O) groups is 1. The van der Waals surface area contributed by atoms with Crippen LogP contribution in [0.4, 0.5) is 0 Å². The second kappa shape index (κ2) is 8.58. The molecule has 1 amide bonds. The summed E-state index contributed by atoms with van der Waals surface area (Å²) in [4.78, 5) is 15.2. The molecular formula is C23H28N2O2S. The topological polar surface area (TPSA) is 41.6 Å². The van der Waals surface area contributed by atoms with Crippen LogP contribution in [-0.4, -0.2) is 43.3 Å². The van der Waals surface area contributed by atoms with Crippen LogP contribution >= 0.6 is 11.9 Å². The largest absolute Gasteiger partial charge is 0.496 e. The number of amides is 1. The Morgan fingerprint density at radius 3 is 2.68 bits per heavy atom. The standard InChI is InChI=1S/C23H28N2O2S/c1-27-22-12-6-5-11-19(22)17-9-3-4-10-18(17)20-14-21(20)23(26)25-13-7-8-16(15-25)24-28-2/h3-6,9-12,16,20-21,24H,7-8,13-15H2,1-2H3. The van der Waals surface area contributed by atoms with E-state index in [0.29, 0.717) is 17.9 Å². The monoisotopic (exact) mass is 396 g/mol. The quantitative estimate of drug-likeness (QED) is 0.738. The Kier molecular flexibility index (Phi) is 5.93. The summed E-state index contributed by atoms with van der Waals surface area (Å²) in [5.41, 5.74) is 3.54. The minimum Gasteiger partial charge on any atom is -0.496 e. The van der Waals surface area contributed by atoms with Crippen molar-refractivity contribution in [3.8, 4) is 16.9 Å². The predicted octanol–water partition coefficient (Wildman–Crippen LogP) is 4.32. The zero-order valence-corrected chi connectivity index (χ0v) is 17.4. The van der Waals surface area contributed by atoms with E-state index in [1.54, 1.807) is 19.1 Å². The lowest BCUT2D eigenvalue weighted by Crippen LogP contribution is -2.46. The summed E-state index contributed by atoms with van der Waals surface area (Å²) in [6.45, 7) is 1.72. The lowest BCUT2D eigenvalue weighted by molar-refractivity contribution is -0.133. The first-order valence-electron chi connectivity index (χ1n) is 10.0. The molecule has 1 saturated carbocycles. The van der Waals surface area contributed by atoms with Crippen molar-refractivity contribution >= 4 is 17.9 Å². The molecule has 4 rings (SSSR count). The number of nitrogens with one attached hydrogen (secondary N) is 1. The van der Waals surface area contributed by atoms with Gasteiger partial charge in [-0.1, -0.05) is 54.4 Å². The highest BCUT2D eigenvalue weighted by Crippen LogP contribution is 2.52. The maximum atomic E-state index is 13.1. The van der Waals surface area contributed by atoms with Crippen LogP contribution in [0.15, 0.2) is 48.5 Å². The minimum atomic E-state index is 0.115. The highest BCUT2D eigenvalue weighted by molar-refractivity contribution is 7.96. The van der Waals surface area contributed by atoms with Gasteiger partial charge in [-0.25, -0.2) is 0 Å². The molecule has 0 aromatic heterocycles. The Morgan fingerprint density at radius 2 is 1.89 bits per heavy atom. The summed E-state index contributed by atoms with van der Waals surface area (Å²) < 4.78 is 9.00. The van der Waals surface area contributed by atoms with Gasteiger partial charge in [-0.3, -0.25) is 9.52 Å². The van der Waals surface area contributed by atoms with Gasteiger partial charge in [0, 0.05) is 30.6 Å². The zero-order chi connectivity index (χ0) is 19.5. The predicted molar refractivity (Wildman–Crippen MR) is 116 cm³/mol. The SMILES string of the molecule is COc1ccccc1-c1ccccc1C1CC1C(=O)N1CCCC(NSC)C1. The van der Waals surface area contributed by atoms with Gasteiger partial charge in [-0.2, -0.15) is 0 Å². The van der Waals surface area contributed by atoms with Crippen molar-refractivity contribution in [3.63, 3.8) is 0 Å². The normalized spacial score (nSPS) is 24.1. The van der Waals surface area contributed by atoms with Gasteiger partial charge in [0.05, 0.1) is 7.11 Å². The molecular weight excluding hydrogens is 368 g/mol. The molecule has 148 valence electrons. The lowest BCUT2D eigenvalue weighted by atomic mass is 9.95. The summed E-state index contributed by atoms with van der Waals surface area (Å²) in [6.07, 6.45) is 5.23. The Hall–Kier alpha value is -1.98. The molecule has 0 radical (unpaired) electrons. The third kappa shape index (κ3) is 3.91. The summed E-state index contributed by atoms with van der Waals surface area (Å²) in [6, 6.07) is 17.0. The molecule has 1 heterocycles. The van der Waals surface area contributed by atoms with Crippen molar-refractivity contribution in [1.29, 1.82) is 0 Å². The van der Waals surface area contributed by atoms with Crippen molar-refractivity contribution in [2.45, 2.75) is 31.2 Å². The molecule has 2 aromatic rings. The lowest BCUT2D eigenvalue weighted by Gasteiger charge is -2.33. The van der Waals surface area contributed by atoms with Crippen LogP contribution in [-0.2, 0) is 4.79 Å². The van der Waals surface area contributed by atoms with Crippen molar-refractivity contribution in [1.82, 2.24) is 9.62 Å². The second-order valence-electron chi connectivity index (χ2n) is 7.68. The van der Waals surface area contributed by atoms with Gasteiger partial charge in [-0.05, 0) is 48.6 Å². The number of likely N-dealkylation sites (tertiary alicyclic amines) is 1. The molecule has 5 heteroatoms. The Labute approximate surface area is 171 Å². The Bertz CT molecular complexity index is 839. The molecule has 1 saturated heterocycles. The third-order valence-corrected chi connectivity index (χ3v) is 6.45. The van der Waals surface area contributed by atoms with E-state index >= 15 is 0 Å². The molecule has 2 aromatic carbocycles. The molecule has 0 spiro atoms. The fourth-order valence-corrected chi connectivity index (χ4v) is 4.94. The number of ether oxygens (including phenoxy) is 1. The van der Waals surface area contributed by atoms with Gasteiger partial charge in [0.15, 0.2) is 0 Å². The first kappa shape index (κ1) is 19.3. The van der Waals surface area contributed by atoms with E-state index in [2.05, 4.69) is 40.0 Å². The number of nitrogens with zero attached hydrogens (tertiary/aromatic N) is 1. The van der Waals surface area contributed by atoms with Gasteiger partial charge in [0.1, 0.15) is 5.75 Å². The van der Waals surface area contributed by atoms with Crippen molar-refractivity contribution < 1.29 is 9.53 Å². The summed E-state index contributed by atoms with van der Waals surface area (Å²) in [7, 11) is 1.71. The molecule has 2 aliphatic rings. The first-order valence-corrected chi connectivity index (χ1v) is 11.2. The minimum absolute atomic E-state index is 0.115. The van der Waals surface area contributed by atoms with E-state index in [1.807, 2.05) is 24.5 Å². The molecule has 1 N–H and O–H groups in total. The van der Waals surface area contributed by atoms with Gasteiger partial charge in [0.25, 0.3) is 0 Å². The number of carbonyl (C=O) groups excluding carboxylic acids is 1. The number of para-hydroxylation sites is 1. The summed E-state index contributed by atoms with van der Waals surface area (Å²) in [5.74, 6) is 1.62. The van der Waals surface area contributed by atoms with Crippen molar-refractivity contribution in [2.75, 3.05) is 26.5 Å². The van der Waals surface area contributed by atoms with Crippen molar-refractivity contribution in [2.24, 2.45) is 5.92 Å². The van der Waals surface area contributed by atoms with Crippen molar-refractivity contribution in [3.05, 3.63) is 54.1 Å². The molecule has 2 fully saturated rings. The summed E-state index contributed by atoms with van der Waals surface area (Å²) in [5, 5.41) is 0. The maximum absolute atomic E-state index is 13.1. The van der Waals surface area contributed by atoms with Gasteiger partial charge in [-0.15, -0.1) is 0 Å². The average molecular weight is 397 g/mol. The highest BCUT2D eigenvalue weighted by Gasteiger charge is 2.47. The van der Waals surface area contributed by atoms with Crippen LogP contribution in [0.5, 0.6) is 5.75 Å². The Balaban J connectivity index is 1.52. The number of hydrogen-bond acceptors (Lipinski definition) is 4. The maximum Gasteiger partial charge on any atom is 0.226 e. The van der Waals surface area contributed by atoms with Crippen LogP contribution in [0, 0.1) is 5.92 Å². The summed E-state index contributed by atoms with van der Waals surface area (Å²) >= 11 is 1.65. The zero-order valence-electron chi connectivity index (χ0n) is 16.6. The molecule has 4 nitrogen and oxygen atoms in total. The second-order valence-corrected chi connectivity index (χ2v) is 8.33. The fraction of sp³-hybridized carbons (Fsp3) is 0.435. The smallest absolute Gasteiger partial charge is 0.226 e. The number of piperidine rings is 1. The van der Waals surface area contributed by atoms with E-state index in [-0.39, 0.29) is 5.92 Å². The van der Waals surface area contributed by atoms with Gasteiger partial charge < -0.3 is 9.64 Å². The molecule has 1 aliphatic carbocycles. The average Bonchev–Trinajstić information content (AvgIpc) is 3.54. The van der Waals surface area contributed by atoms with E-state index in [4.69, 9.17) is 4.74 Å². The number of hydrogen-bond donors (Lipinski definition) is 1. The van der Waals surface area contributed by atoms with Crippen LogP contribution in [0.1, 0.15) is 30.7 Å². The van der Waals surface area contributed by atoms with E-state index in [0.717, 1.165) is 43.7 Å². The van der Waals surface area contributed by atoms with E-state index < -0.39 is 0 Å². The van der Waals surface area contributed by atoms with Crippen LogP contribution in [0.2, 0.25) is 0 Å². The van der Waals surface area contributed by atoms with E-state index in [1.165, 1.54) is 11.1 Å². The molecule has 3 atom stereocenters. The number of rotatable bonds is 6. The third-order valence-electron chi connectivity index (χ3n) is 5.88. The molecule has 0 bridgehead atoms. The molecule has 1 aliphatic heterocycles. The number of benzene rings is 2.